The average Bonchev–Trinajstić information content (AvgIpc) is 2.85. The van der Waals surface area contributed by atoms with Gasteiger partial charge in [-0.05, 0) is 18.2 Å². The third-order valence-corrected chi connectivity index (χ3v) is 3.48. The van der Waals surface area contributed by atoms with Crippen molar-refractivity contribution in [3.63, 3.8) is 0 Å². The van der Waals surface area contributed by atoms with Crippen LogP contribution in [0.2, 0.25) is 0 Å². The third-order valence-electron chi connectivity index (χ3n) is 2.55. The van der Waals surface area contributed by atoms with Crippen LogP contribution in [0.4, 0.5) is 5.69 Å². The number of phenolic OH excluding ortho intramolecular Hbond substituents is 1. The number of aromatic hydroxyl groups is 1. The SMILES string of the molecule is COc1ccc(NCc2cc(C(=O)O)cs2)cc1O. The van der Waals surface area contributed by atoms with Crippen molar-refractivity contribution in [2.45, 2.75) is 6.54 Å². The van der Waals surface area contributed by atoms with Crippen molar-refractivity contribution in [2.24, 2.45) is 0 Å². The molecule has 1 heterocycles. The number of nitrogens with one attached hydrogen (secondary N) is 1. The highest BCUT2D eigenvalue weighted by Gasteiger charge is 2.07. The van der Waals surface area contributed by atoms with E-state index in [1.165, 1.54) is 18.4 Å². The number of hydrogen-bond donors (Lipinski definition) is 3. The van der Waals surface area contributed by atoms with Gasteiger partial charge in [0, 0.05) is 28.6 Å². The largest absolute Gasteiger partial charge is 0.504 e. The molecule has 3 N–H and O–H groups in total. The Labute approximate surface area is 114 Å². The number of carboxylic acids is 1. The summed E-state index contributed by atoms with van der Waals surface area (Å²) in [6, 6.07) is 6.63. The van der Waals surface area contributed by atoms with Gasteiger partial charge in [0.2, 0.25) is 0 Å². The van der Waals surface area contributed by atoms with Crippen LogP contribution in [0.15, 0.2) is 29.6 Å². The first-order valence-electron chi connectivity index (χ1n) is 5.51. The Kier molecular flexibility index (Phi) is 3.91. The number of aromatic carboxylic acids is 1. The molecule has 2 aromatic rings. The van der Waals surface area contributed by atoms with Crippen LogP contribution >= 0.6 is 11.3 Å². The van der Waals surface area contributed by atoms with Gasteiger partial charge in [0.15, 0.2) is 11.5 Å². The normalized spacial score (nSPS) is 10.2. The molecule has 5 nitrogen and oxygen atoms in total. The predicted molar refractivity (Wildman–Crippen MR) is 73.3 cm³/mol. The lowest BCUT2D eigenvalue weighted by Gasteiger charge is -2.08. The van der Waals surface area contributed by atoms with Crippen LogP contribution in [0, 0.1) is 0 Å². The van der Waals surface area contributed by atoms with E-state index < -0.39 is 5.97 Å². The molecule has 0 atom stereocenters. The zero-order valence-electron chi connectivity index (χ0n) is 10.2. The van der Waals surface area contributed by atoms with Crippen molar-refractivity contribution in [3.8, 4) is 11.5 Å². The monoisotopic (exact) mass is 279 g/mol. The number of rotatable bonds is 5. The lowest BCUT2D eigenvalue weighted by molar-refractivity contribution is 0.0697. The fourth-order valence-corrected chi connectivity index (χ4v) is 2.37. The van der Waals surface area contributed by atoms with E-state index >= 15 is 0 Å². The fourth-order valence-electron chi connectivity index (χ4n) is 1.57. The number of hydrogen-bond acceptors (Lipinski definition) is 5. The summed E-state index contributed by atoms with van der Waals surface area (Å²) in [4.78, 5) is 11.7. The van der Waals surface area contributed by atoms with E-state index in [0.29, 0.717) is 17.9 Å². The predicted octanol–water partition coefficient (Wildman–Crippen LogP) is 2.77. The second kappa shape index (κ2) is 5.62. The minimum Gasteiger partial charge on any atom is -0.504 e. The third kappa shape index (κ3) is 3.17. The standard InChI is InChI=1S/C13H13NO4S/c1-18-12-3-2-9(5-11(12)15)14-6-10-4-8(7-19-10)13(16)17/h2-5,7,14-15H,6H2,1H3,(H,16,17). The number of methoxy groups -OCH3 is 1. The van der Waals surface area contributed by atoms with E-state index in [2.05, 4.69) is 5.32 Å². The van der Waals surface area contributed by atoms with E-state index in [1.54, 1.807) is 29.6 Å². The summed E-state index contributed by atoms with van der Waals surface area (Å²) >= 11 is 1.38. The number of benzene rings is 1. The summed E-state index contributed by atoms with van der Waals surface area (Å²) in [5, 5.41) is 23.2. The highest BCUT2D eigenvalue weighted by Crippen LogP contribution is 2.29. The van der Waals surface area contributed by atoms with Crippen molar-refractivity contribution < 1.29 is 19.7 Å². The van der Waals surface area contributed by atoms with Crippen LogP contribution in [0.25, 0.3) is 0 Å². The smallest absolute Gasteiger partial charge is 0.336 e. The molecule has 0 radical (unpaired) electrons. The molecule has 0 spiro atoms. The minimum absolute atomic E-state index is 0.0601. The summed E-state index contributed by atoms with van der Waals surface area (Å²) in [7, 11) is 1.49. The van der Waals surface area contributed by atoms with E-state index in [-0.39, 0.29) is 5.75 Å². The molecule has 1 aromatic heterocycles. The Hall–Kier alpha value is -2.21. The van der Waals surface area contributed by atoms with E-state index in [1.807, 2.05) is 0 Å². The highest BCUT2D eigenvalue weighted by molar-refractivity contribution is 7.10. The molecule has 100 valence electrons. The first-order valence-corrected chi connectivity index (χ1v) is 6.39. The molecule has 0 aliphatic carbocycles. The lowest BCUT2D eigenvalue weighted by Crippen LogP contribution is -1.98. The molecule has 0 unspecified atom stereocenters. The van der Waals surface area contributed by atoms with E-state index in [0.717, 1.165) is 10.6 Å². The van der Waals surface area contributed by atoms with Crippen LogP contribution < -0.4 is 10.1 Å². The maximum absolute atomic E-state index is 10.7. The first-order chi connectivity index (χ1) is 9.10. The quantitative estimate of drug-likeness (QED) is 0.784. The van der Waals surface area contributed by atoms with Gasteiger partial charge in [-0.25, -0.2) is 4.79 Å². The van der Waals surface area contributed by atoms with Gasteiger partial charge in [-0.1, -0.05) is 0 Å². The molecular formula is C13H13NO4S. The molecule has 0 amide bonds. The lowest BCUT2D eigenvalue weighted by atomic mass is 10.2. The number of carbonyl (C=O) groups is 1. The van der Waals surface area contributed by atoms with Crippen LogP contribution in [-0.4, -0.2) is 23.3 Å². The van der Waals surface area contributed by atoms with Crippen molar-refractivity contribution >= 4 is 23.0 Å². The van der Waals surface area contributed by atoms with Crippen molar-refractivity contribution in [2.75, 3.05) is 12.4 Å². The molecule has 0 fully saturated rings. The number of ether oxygens (including phenoxy) is 1. The number of thiophene rings is 1. The number of anilines is 1. The second-order valence-electron chi connectivity index (χ2n) is 3.85. The van der Waals surface area contributed by atoms with Gasteiger partial charge in [0.05, 0.1) is 12.7 Å². The average molecular weight is 279 g/mol. The second-order valence-corrected chi connectivity index (χ2v) is 4.84. The van der Waals surface area contributed by atoms with Crippen LogP contribution in [0.1, 0.15) is 15.2 Å². The van der Waals surface area contributed by atoms with Crippen LogP contribution in [-0.2, 0) is 6.54 Å². The molecule has 19 heavy (non-hydrogen) atoms. The van der Waals surface area contributed by atoms with Crippen molar-refractivity contribution in [3.05, 3.63) is 40.1 Å². The van der Waals surface area contributed by atoms with Crippen LogP contribution in [0.5, 0.6) is 11.5 Å². The molecule has 6 heteroatoms. The highest BCUT2D eigenvalue weighted by atomic mass is 32.1. The molecule has 2 rings (SSSR count). The van der Waals surface area contributed by atoms with Crippen LogP contribution in [0.3, 0.4) is 0 Å². The Balaban J connectivity index is 2.01. The zero-order valence-corrected chi connectivity index (χ0v) is 11.0. The van der Waals surface area contributed by atoms with Gasteiger partial charge in [0.25, 0.3) is 0 Å². The zero-order chi connectivity index (χ0) is 13.8. The molecule has 0 aliphatic heterocycles. The molecule has 0 bridgehead atoms. The van der Waals surface area contributed by atoms with E-state index in [9.17, 15) is 9.90 Å². The Morgan fingerprint density at radius 2 is 2.21 bits per heavy atom. The maximum Gasteiger partial charge on any atom is 0.336 e. The first kappa shape index (κ1) is 13.2. The Morgan fingerprint density at radius 3 is 2.79 bits per heavy atom. The summed E-state index contributed by atoms with van der Waals surface area (Å²) in [6.07, 6.45) is 0. The summed E-state index contributed by atoms with van der Waals surface area (Å²) in [5.41, 5.74) is 1.03. The molecule has 0 saturated carbocycles. The number of carboxylic acid groups (broad SMARTS) is 1. The Bertz CT molecular complexity index is 594. The van der Waals surface area contributed by atoms with Gasteiger partial charge in [-0.3, -0.25) is 0 Å². The Morgan fingerprint density at radius 1 is 1.42 bits per heavy atom. The minimum atomic E-state index is -0.926. The molecule has 0 aliphatic rings. The van der Waals surface area contributed by atoms with Gasteiger partial charge >= 0.3 is 5.97 Å². The van der Waals surface area contributed by atoms with Crippen molar-refractivity contribution in [1.29, 1.82) is 0 Å². The summed E-state index contributed by atoms with van der Waals surface area (Å²) in [6.45, 7) is 0.504. The summed E-state index contributed by atoms with van der Waals surface area (Å²) < 4.78 is 4.95. The van der Waals surface area contributed by atoms with Gasteiger partial charge < -0.3 is 20.3 Å². The molecule has 1 aromatic carbocycles. The molecular weight excluding hydrogens is 266 g/mol. The maximum atomic E-state index is 10.7. The van der Waals surface area contributed by atoms with Gasteiger partial charge in [-0.15, -0.1) is 11.3 Å². The summed E-state index contributed by atoms with van der Waals surface area (Å²) in [5.74, 6) is -0.454. The number of phenols is 1. The topological polar surface area (TPSA) is 78.8 Å². The van der Waals surface area contributed by atoms with Gasteiger partial charge in [0.1, 0.15) is 0 Å². The van der Waals surface area contributed by atoms with E-state index in [4.69, 9.17) is 9.84 Å². The van der Waals surface area contributed by atoms with Gasteiger partial charge in [-0.2, -0.15) is 0 Å². The van der Waals surface area contributed by atoms with Crippen molar-refractivity contribution in [1.82, 2.24) is 0 Å². The molecule has 0 saturated heterocycles. The fraction of sp³-hybridized carbons (Fsp3) is 0.154.